The lowest BCUT2D eigenvalue weighted by molar-refractivity contribution is 0.403. The molecule has 0 amide bonds. The highest BCUT2D eigenvalue weighted by molar-refractivity contribution is 5.18. The van der Waals surface area contributed by atoms with Gasteiger partial charge in [-0.05, 0) is 25.3 Å². The van der Waals surface area contributed by atoms with E-state index in [0.29, 0.717) is 12.1 Å². The zero-order valence-electron chi connectivity index (χ0n) is 12.3. The van der Waals surface area contributed by atoms with E-state index in [1.54, 1.807) is 0 Å². The van der Waals surface area contributed by atoms with E-state index < -0.39 is 0 Å². The zero-order chi connectivity index (χ0) is 13.2. The van der Waals surface area contributed by atoms with Crippen LogP contribution in [0.3, 0.4) is 0 Å². The van der Waals surface area contributed by atoms with Crippen molar-refractivity contribution >= 4 is 0 Å². The molecule has 0 aromatic heterocycles. The predicted molar refractivity (Wildman–Crippen MR) is 80.8 cm³/mol. The van der Waals surface area contributed by atoms with Gasteiger partial charge in [0.15, 0.2) is 0 Å². The topological polar surface area (TPSA) is 12.0 Å². The minimum Gasteiger partial charge on any atom is -0.307 e. The van der Waals surface area contributed by atoms with Crippen LogP contribution in [0.5, 0.6) is 0 Å². The van der Waals surface area contributed by atoms with Gasteiger partial charge in [-0.15, -0.1) is 0 Å². The molecule has 1 aromatic carbocycles. The maximum absolute atomic E-state index is 3.79. The van der Waals surface area contributed by atoms with Gasteiger partial charge in [0.2, 0.25) is 0 Å². The van der Waals surface area contributed by atoms with E-state index in [0.717, 1.165) is 0 Å². The fraction of sp³-hybridized carbons (Fsp3) is 0.647. The molecule has 1 rings (SSSR count). The number of rotatable bonds is 9. The normalized spacial score (nSPS) is 14.4. The summed E-state index contributed by atoms with van der Waals surface area (Å²) in [6, 6.07) is 12.0. The van der Waals surface area contributed by atoms with Gasteiger partial charge in [-0.3, -0.25) is 0 Å². The molecule has 0 aliphatic heterocycles. The quantitative estimate of drug-likeness (QED) is 0.600. The van der Waals surface area contributed by atoms with E-state index in [2.05, 4.69) is 56.4 Å². The summed E-state index contributed by atoms with van der Waals surface area (Å²) in [6.07, 6.45) is 7.73. The maximum atomic E-state index is 3.79. The second kappa shape index (κ2) is 9.16. The summed E-state index contributed by atoms with van der Waals surface area (Å²) in [5, 5.41) is 3.79. The van der Waals surface area contributed by atoms with Crippen molar-refractivity contribution in [2.75, 3.05) is 0 Å². The van der Waals surface area contributed by atoms with Crippen LogP contribution >= 0.6 is 0 Å². The van der Waals surface area contributed by atoms with Crippen LogP contribution in [0.4, 0.5) is 0 Å². The third-order valence-corrected chi connectivity index (χ3v) is 3.51. The summed E-state index contributed by atoms with van der Waals surface area (Å²) in [4.78, 5) is 0. The fourth-order valence-electron chi connectivity index (χ4n) is 2.49. The Hall–Kier alpha value is -0.820. The van der Waals surface area contributed by atoms with E-state index in [4.69, 9.17) is 0 Å². The van der Waals surface area contributed by atoms with E-state index in [1.807, 2.05) is 0 Å². The highest BCUT2D eigenvalue weighted by Gasteiger charge is 2.13. The molecule has 0 spiro atoms. The summed E-state index contributed by atoms with van der Waals surface area (Å²) in [6.45, 7) is 6.83. The largest absolute Gasteiger partial charge is 0.307 e. The summed E-state index contributed by atoms with van der Waals surface area (Å²) in [5.74, 6) is 0. The van der Waals surface area contributed by atoms with Gasteiger partial charge in [0.25, 0.3) is 0 Å². The molecule has 2 unspecified atom stereocenters. The molecular formula is C17H29N. The lowest BCUT2D eigenvalue weighted by Crippen LogP contribution is -2.30. The molecule has 0 bridgehead atoms. The smallest absolute Gasteiger partial charge is 0.0322 e. The Morgan fingerprint density at radius 3 is 2.28 bits per heavy atom. The summed E-state index contributed by atoms with van der Waals surface area (Å²) < 4.78 is 0. The Morgan fingerprint density at radius 1 is 0.944 bits per heavy atom. The number of unbranched alkanes of at least 4 members (excludes halogenated alkanes) is 2. The molecule has 1 aromatic rings. The first-order chi connectivity index (χ1) is 8.77. The molecule has 0 fully saturated rings. The molecule has 1 heteroatoms. The minimum absolute atomic E-state index is 0.527. The monoisotopic (exact) mass is 247 g/mol. The van der Waals surface area contributed by atoms with Gasteiger partial charge in [-0.25, -0.2) is 0 Å². The molecule has 102 valence electrons. The van der Waals surface area contributed by atoms with Gasteiger partial charge in [0.1, 0.15) is 0 Å². The number of nitrogens with one attached hydrogen (secondary N) is 1. The van der Waals surface area contributed by atoms with Gasteiger partial charge in [0.05, 0.1) is 0 Å². The van der Waals surface area contributed by atoms with Crippen molar-refractivity contribution in [2.45, 2.75) is 71.4 Å². The van der Waals surface area contributed by atoms with Crippen LogP contribution in [0.15, 0.2) is 30.3 Å². The van der Waals surface area contributed by atoms with Crippen LogP contribution in [0.25, 0.3) is 0 Å². The van der Waals surface area contributed by atoms with Crippen molar-refractivity contribution in [3.05, 3.63) is 35.9 Å². The second-order valence-electron chi connectivity index (χ2n) is 5.32. The van der Waals surface area contributed by atoms with Crippen LogP contribution < -0.4 is 5.32 Å². The first-order valence-electron chi connectivity index (χ1n) is 7.58. The Balaban J connectivity index is 2.57. The van der Waals surface area contributed by atoms with Crippen molar-refractivity contribution in [3.8, 4) is 0 Å². The van der Waals surface area contributed by atoms with Crippen molar-refractivity contribution in [1.82, 2.24) is 5.32 Å². The van der Waals surface area contributed by atoms with Crippen LogP contribution in [0.2, 0.25) is 0 Å². The molecule has 2 atom stereocenters. The molecular weight excluding hydrogens is 218 g/mol. The van der Waals surface area contributed by atoms with E-state index in [1.165, 1.54) is 44.1 Å². The molecule has 0 saturated heterocycles. The second-order valence-corrected chi connectivity index (χ2v) is 5.32. The molecule has 0 radical (unpaired) electrons. The Labute approximate surface area is 113 Å². The van der Waals surface area contributed by atoms with Crippen LogP contribution in [0, 0.1) is 0 Å². The van der Waals surface area contributed by atoms with Crippen molar-refractivity contribution in [1.29, 1.82) is 0 Å². The Kier molecular flexibility index (Phi) is 7.75. The highest BCUT2D eigenvalue weighted by atomic mass is 14.9. The first-order valence-corrected chi connectivity index (χ1v) is 7.58. The SMILES string of the molecule is CCCCCC(NC(C)CCC)c1ccccc1. The molecule has 1 nitrogen and oxygen atoms in total. The van der Waals surface area contributed by atoms with Crippen LogP contribution in [0.1, 0.15) is 70.9 Å². The summed E-state index contributed by atoms with van der Waals surface area (Å²) in [5.41, 5.74) is 1.44. The van der Waals surface area contributed by atoms with E-state index >= 15 is 0 Å². The van der Waals surface area contributed by atoms with E-state index in [-0.39, 0.29) is 0 Å². The number of benzene rings is 1. The third-order valence-electron chi connectivity index (χ3n) is 3.51. The predicted octanol–water partition coefficient (Wildman–Crippen LogP) is 5.09. The minimum atomic E-state index is 0.527. The van der Waals surface area contributed by atoms with Gasteiger partial charge in [-0.1, -0.05) is 69.9 Å². The molecule has 18 heavy (non-hydrogen) atoms. The fourth-order valence-corrected chi connectivity index (χ4v) is 2.49. The van der Waals surface area contributed by atoms with Crippen molar-refractivity contribution < 1.29 is 0 Å². The molecule has 1 N–H and O–H groups in total. The van der Waals surface area contributed by atoms with Gasteiger partial charge < -0.3 is 5.32 Å². The highest BCUT2D eigenvalue weighted by Crippen LogP contribution is 2.21. The van der Waals surface area contributed by atoms with Gasteiger partial charge >= 0.3 is 0 Å². The van der Waals surface area contributed by atoms with Crippen molar-refractivity contribution in [3.63, 3.8) is 0 Å². The van der Waals surface area contributed by atoms with Gasteiger partial charge in [-0.2, -0.15) is 0 Å². The maximum Gasteiger partial charge on any atom is 0.0322 e. The average Bonchev–Trinajstić information content (AvgIpc) is 2.39. The average molecular weight is 247 g/mol. The third kappa shape index (κ3) is 5.68. The lowest BCUT2D eigenvalue weighted by Gasteiger charge is -2.23. The molecule has 0 aliphatic carbocycles. The van der Waals surface area contributed by atoms with Crippen LogP contribution in [-0.2, 0) is 0 Å². The summed E-state index contributed by atoms with van der Waals surface area (Å²) in [7, 11) is 0. The number of hydrogen-bond acceptors (Lipinski definition) is 1. The Bertz CT molecular complexity index is 294. The van der Waals surface area contributed by atoms with Gasteiger partial charge in [0, 0.05) is 12.1 Å². The standard InChI is InChI=1S/C17H29N/c1-4-6-8-14-17(18-15(3)11-5-2)16-12-9-7-10-13-16/h7,9-10,12-13,15,17-18H,4-6,8,11,14H2,1-3H3. The first kappa shape index (κ1) is 15.2. The van der Waals surface area contributed by atoms with Crippen molar-refractivity contribution in [2.24, 2.45) is 0 Å². The summed E-state index contributed by atoms with van der Waals surface area (Å²) >= 11 is 0. The molecule has 0 aliphatic rings. The molecule has 0 saturated carbocycles. The Morgan fingerprint density at radius 2 is 1.67 bits per heavy atom. The van der Waals surface area contributed by atoms with E-state index in [9.17, 15) is 0 Å². The lowest BCUT2D eigenvalue weighted by atomic mass is 9.99. The molecule has 0 heterocycles. The van der Waals surface area contributed by atoms with Crippen LogP contribution in [-0.4, -0.2) is 6.04 Å². The zero-order valence-corrected chi connectivity index (χ0v) is 12.3. The number of hydrogen-bond donors (Lipinski definition) is 1.